The number of carbonyl (C=O) groups excluding carboxylic acids is 1. The van der Waals surface area contributed by atoms with E-state index in [4.69, 9.17) is 0 Å². The van der Waals surface area contributed by atoms with E-state index in [1.807, 2.05) is 0 Å². The van der Waals surface area contributed by atoms with Crippen LogP contribution < -0.4 is 0 Å². The molecule has 2 nitrogen and oxygen atoms in total. The molecule has 2 heteroatoms. The number of allylic oxidation sites excluding steroid dienone is 1. The molecule has 0 N–H and O–H groups in total. The lowest BCUT2D eigenvalue weighted by molar-refractivity contribution is -0.134. The third-order valence-corrected chi connectivity index (χ3v) is 0.622. The molecular weight excluding hydrogens is 104 g/mol. The van der Waals surface area contributed by atoms with Gasteiger partial charge in [0.2, 0.25) is 0 Å². The molecule has 0 aliphatic rings. The summed E-state index contributed by atoms with van der Waals surface area (Å²) in [6.07, 6.45) is 3.62. The maximum atomic E-state index is 10.2. The van der Waals surface area contributed by atoms with Crippen molar-refractivity contribution in [3.8, 4) is 0 Å². The summed E-state index contributed by atoms with van der Waals surface area (Å²) in [4.78, 5) is 10.2. The van der Waals surface area contributed by atoms with Gasteiger partial charge in [-0.3, -0.25) is 0 Å². The Morgan fingerprint density at radius 3 is 2.88 bits per heavy atom. The van der Waals surface area contributed by atoms with E-state index in [9.17, 15) is 4.79 Å². The van der Waals surface area contributed by atoms with E-state index in [0.29, 0.717) is 6.42 Å². The summed E-state index contributed by atoms with van der Waals surface area (Å²) >= 11 is 0. The third kappa shape index (κ3) is 3.40. The minimum Gasteiger partial charge on any atom is -0.466 e. The van der Waals surface area contributed by atoms with Crippen LogP contribution in [-0.2, 0) is 9.53 Å². The van der Waals surface area contributed by atoms with Crippen molar-refractivity contribution < 1.29 is 9.53 Å². The number of esters is 1. The molecule has 0 bridgehead atoms. The zero-order valence-corrected chi connectivity index (χ0v) is 4.89. The van der Waals surface area contributed by atoms with Crippen LogP contribution in [0.5, 0.6) is 0 Å². The first kappa shape index (κ1) is 7.21. The lowest BCUT2D eigenvalue weighted by Crippen LogP contribution is -1.92. The molecule has 0 aromatic carbocycles. The summed E-state index contributed by atoms with van der Waals surface area (Å²) in [7, 11) is 1.34. The Hall–Kier alpha value is -0.790. The van der Waals surface area contributed by atoms with Gasteiger partial charge < -0.3 is 4.74 Å². The van der Waals surface area contributed by atoms with Crippen molar-refractivity contribution in [1.29, 1.82) is 0 Å². The Morgan fingerprint density at radius 2 is 2.50 bits per heavy atom. The normalized spacial score (nSPS) is 9.75. The van der Waals surface area contributed by atoms with Crippen LogP contribution >= 0.6 is 0 Å². The molecule has 45 valence electrons. The molecule has 0 aromatic rings. The van der Waals surface area contributed by atoms with Crippen molar-refractivity contribution in [3.05, 3.63) is 19.1 Å². The lowest BCUT2D eigenvalue weighted by atomic mass is 10.4. The zero-order chi connectivity index (χ0) is 6.41. The smallest absolute Gasteiger partial charge is 0.330 e. The summed E-state index contributed by atoms with van der Waals surface area (Å²) in [6, 6.07) is 0. The standard InChI is InChI=1S/C6H9O2/c1-3-4-5-6(7)8-2/h4-5H,1,3H2,2H3. The molecule has 0 amide bonds. The Bertz CT molecular complexity index is 94.7. The summed E-state index contributed by atoms with van der Waals surface area (Å²) < 4.78 is 4.30. The van der Waals surface area contributed by atoms with E-state index < -0.39 is 0 Å². The van der Waals surface area contributed by atoms with Gasteiger partial charge in [0, 0.05) is 6.08 Å². The predicted molar refractivity (Wildman–Crippen MR) is 31.1 cm³/mol. The molecule has 0 rings (SSSR count). The number of ether oxygens (including phenoxy) is 1. The van der Waals surface area contributed by atoms with Crippen molar-refractivity contribution in [1.82, 2.24) is 0 Å². The van der Waals surface area contributed by atoms with Crippen LogP contribution in [-0.4, -0.2) is 13.1 Å². The van der Waals surface area contributed by atoms with Crippen LogP contribution in [0, 0.1) is 6.92 Å². The van der Waals surface area contributed by atoms with Gasteiger partial charge >= 0.3 is 5.97 Å². The van der Waals surface area contributed by atoms with E-state index in [1.165, 1.54) is 13.2 Å². The molecular formula is C6H9O2. The van der Waals surface area contributed by atoms with Gasteiger partial charge in [-0.1, -0.05) is 6.08 Å². The number of methoxy groups -OCH3 is 1. The van der Waals surface area contributed by atoms with E-state index in [-0.39, 0.29) is 5.97 Å². The molecule has 0 fully saturated rings. The molecule has 8 heavy (non-hydrogen) atoms. The highest BCUT2D eigenvalue weighted by Crippen LogP contribution is 1.80. The Labute approximate surface area is 49.1 Å². The Kier molecular flexibility index (Phi) is 3.94. The lowest BCUT2D eigenvalue weighted by Gasteiger charge is -1.85. The molecule has 0 saturated heterocycles. The van der Waals surface area contributed by atoms with Crippen LogP contribution in [0.25, 0.3) is 0 Å². The van der Waals surface area contributed by atoms with Crippen LogP contribution in [0.1, 0.15) is 6.42 Å². The van der Waals surface area contributed by atoms with Crippen molar-refractivity contribution in [2.45, 2.75) is 6.42 Å². The largest absolute Gasteiger partial charge is 0.466 e. The minimum absolute atomic E-state index is 0.325. The highest BCUT2D eigenvalue weighted by Gasteiger charge is 1.85. The molecule has 0 unspecified atom stereocenters. The van der Waals surface area contributed by atoms with E-state index >= 15 is 0 Å². The summed E-state index contributed by atoms with van der Waals surface area (Å²) in [5.41, 5.74) is 0. The second-order valence-corrected chi connectivity index (χ2v) is 1.21. The highest BCUT2D eigenvalue weighted by atomic mass is 16.5. The minimum atomic E-state index is -0.325. The molecule has 0 aliphatic heterocycles. The summed E-state index contributed by atoms with van der Waals surface area (Å²) in [5.74, 6) is -0.325. The Balaban J connectivity index is 3.37. The average Bonchev–Trinajstić information content (AvgIpc) is 1.83. The first-order valence-corrected chi connectivity index (χ1v) is 2.35. The van der Waals surface area contributed by atoms with Gasteiger partial charge in [0.1, 0.15) is 0 Å². The van der Waals surface area contributed by atoms with Gasteiger partial charge in [-0.25, -0.2) is 4.79 Å². The number of hydrogen-bond donors (Lipinski definition) is 0. The molecule has 1 radical (unpaired) electrons. The van der Waals surface area contributed by atoms with Crippen LogP contribution in [0.4, 0.5) is 0 Å². The summed E-state index contributed by atoms with van der Waals surface area (Å²) in [6.45, 7) is 3.50. The monoisotopic (exact) mass is 113 g/mol. The molecule has 0 aromatic heterocycles. The first-order chi connectivity index (χ1) is 3.81. The van der Waals surface area contributed by atoms with Crippen LogP contribution in [0.3, 0.4) is 0 Å². The van der Waals surface area contributed by atoms with Gasteiger partial charge in [0.25, 0.3) is 0 Å². The van der Waals surface area contributed by atoms with Gasteiger partial charge in [0.15, 0.2) is 0 Å². The topological polar surface area (TPSA) is 26.3 Å². The van der Waals surface area contributed by atoms with E-state index in [2.05, 4.69) is 11.7 Å². The predicted octanol–water partition coefficient (Wildman–Crippen LogP) is 0.940. The van der Waals surface area contributed by atoms with E-state index in [1.54, 1.807) is 6.08 Å². The van der Waals surface area contributed by atoms with Crippen LogP contribution in [0.2, 0.25) is 0 Å². The second-order valence-electron chi connectivity index (χ2n) is 1.21. The van der Waals surface area contributed by atoms with Gasteiger partial charge in [-0.15, -0.1) is 0 Å². The van der Waals surface area contributed by atoms with Gasteiger partial charge in [-0.05, 0) is 13.3 Å². The fraction of sp³-hybridized carbons (Fsp3) is 0.333. The first-order valence-electron chi connectivity index (χ1n) is 2.35. The molecule has 0 heterocycles. The zero-order valence-electron chi connectivity index (χ0n) is 4.89. The third-order valence-electron chi connectivity index (χ3n) is 0.622. The van der Waals surface area contributed by atoms with Gasteiger partial charge in [-0.2, -0.15) is 0 Å². The van der Waals surface area contributed by atoms with Crippen LogP contribution in [0.15, 0.2) is 12.2 Å². The Morgan fingerprint density at radius 1 is 1.88 bits per heavy atom. The molecule has 0 aliphatic carbocycles. The maximum absolute atomic E-state index is 10.2. The highest BCUT2D eigenvalue weighted by molar-refractivity contribution is 5.81. The fourth-order valence-corrected chi connectivity index (χ4v) is 0.248. The number of hydrogen-bond acceptors (Lipinski definition) is 2. The second kappa shape index (κ2) is 4.37. The fourth-order valence-electron chi connectivity index (χ4n) is 0.248. The average molecular weight is 113 g/mol. The molecule has 0 spiro atoms. The SMILES string of the molecule is [CH2]CC=CC(=O)OC. The number of carbonyl (C=O) groups is 1. The van der Waals surface area contributed by atoms with Crippen molar-refractivity contribution >= 4 is 5.97 Å². The van der Waals surface area contributed by atoms with Crippen molar-refractivity contribution in [2.24, 2.45) is 0 Å². The molecule has 0 atom stereocenters. The van der Waals surface area contributed by atoms with Crippen molar-refractivity contribution in [3.63, 3.8) is 0 Å². The quantitative estimate of drug-likeness (QED) is 0.393. The maximum Gasteiger partial charge on any atom is 0.330 e. The van der Waals surface area contributed by atoms with E-state index in [0.717, 1.165) is 0 Å². The molecule has 0 saturated carbocycles. The number of rotatable bonds is 2. The van der Waals surface area contributed by atoms with Crippen molar-refractivity contribution in [2.75, 3.05) is 7.11 Å². The van der Waals surface area contributed by atoms with Gasteiger partial charge in [0.05, 0.1) is 7.11 Å². The summed E-state index contributed by atoms with van der Waals surface area (Å²) in [5, 5.41) is 0.